The molecule has 0 radical (unpaired) electrons. The van der Waals surface area contributed by atoms with E-state index in [2.05, 4.69) is 110 Å². The van der Waals surface area contributed by atoms with Crippen LogP contribution in [0.3, 0.4) is 0 Å². The van der Waals surface area contributed by atoms with E-state index in [1.54, 1.807) is 13.8 Å². The maximum atomic E-state index is 11.2. The first-order valence-corrected chi connectivity index (χ1v) is 21.8. The summed E-state index contributed by atoms with van der Waals surface area (Å²) in [4.78, 5) is 44.2. The molecule has 0 unspecified atom stereocenters. The molecule has 0 aromatic rings. The number of Topliss-reactive ketones (excluding diaryl/α,β-unsaturated/α-hetero) is 2. The molecule has 0 fully saturated rings. The van der Waals surface area contributed by atoms with Crippen LogP contribution >= 0.6 is 17.0 Å². The van der Waals surface area contributed by atoms with E-state index in [0.717, 1.165) is 121 Å². The van der Waals surface area contributed by atoms with Gasteiger partial charge in [0.05, 0.1) is 102 Å². The van der Waals surface area contributed by atoms with Gasteiger partial charge in [0.1, 0.15) is 6.04 Å². The first kappa shape index (κ1) is 76.8. The van der Waals surface area contributed by atoms with Crippen LogP contribution in [0.15, 0.2) is 49.6 Å². The minimum absolute atomic E-state index is 0. The molecule has 0 atom stereocenters. The molecule has 0 bridgehead atoms. The van der Waals surface area contributed by atoms with Crippen LogP contribution in [0.5, 0.6) is 0 Å². The fourth-order valence-electron chi connectivity index (χ4n) is 5.40. The number of rotatable bonds is 30. The largest absolute Gasteiger partial charge is 1.00 e. The summed E-state index contributed by atoms with van der Waals surface area (Å²) in [6.07, 6.45) is 23.0. The number of hydrogen-bond acceptors (Lipinski definition) is 4. The zero-order chi connectivity index (χ0) is 45.1. The molecule has 0 rings (SSSR count). The van der Waals surface area contributed by atoms with E-state index in [0.29, 0.717) is 36.8 Å². The molecule has 0 aromatic heterocycles. The average Bonchev–Trinajstić information content (AvgIpc) is 3.14. The Morgan fingerprint density at radius 1 is 0.525 bits per heavy atom. The van der Waals surface area contributed by atoms with Crippen LogP contribution in [0.25, 0.3) is 0 Å². The van der Waals surface area contributed by atoms with Crippen LogP contribution in [0.1, 0.15) is 135 Å². The normalized spacial score (nSPS) is 10.5. The maximum Gasteiger partial charge on any atom is 0.157 e. The van der Waals surface area contributed by atoms with Crippen molar-refractivity contribution in [2.45, 2.75) is 131 Å². The van der Waals surface area contributed by atoms with E-state index in [1.165, 1.54) is 25.1 Å². The number of ketones is 4. The molecule has 0 aromatic carbocycles. The van der Waals surface area contributed by atoms with Gasteiger partial charge in [-0.25, -0.2) is 4.48 Å². The molecule has 0 aliphatic heterocycles. The van der Waals surface area contributed by atoms with Crippen molar-refractivity contribution in [2.75, 3.05) is 102 Å². The lowest BCUT2D eigenvalue weighted by atomic mass is 10.1. The Labute approximate surface area is 416 Å². The highest BCUT2D eigenvalue weighted by Crippen LogP contribution is 2.11. The molecule has 368 valence electrons. The number of allylic oxidation sites excluding steroid dienone is 4. The molecule has 0 aliphatic carbocycles. The van der Waals surface area contributed by atoms with Gasteiger partial charge in [-0.15, -0.1) is 17.0 Å². The van der Waals surface area contributed by atoms with Gasteiger partial charge in [0, 0.05) is 30.0 Å². The Bertz CT molecular complexity index is 1250. The van der Waals surface area contributed by atoms with E-state index in [4.69, 9.17) is 6.42 Å². The third-order valence-electron chi connectivity index (χ3n) is 10.2. The van der Waals surface area contributed by atoms with Crippen LogP contribution in [-0.4, -0.2) is 143 Å². The molecule has 61 heavy (non-hydrogen) atoms. The minimum Gasteiger partial charge on any atom is -1.00 e. The van der Waals surface area contributed by atoms with Crippen molar-refractivity contribution in [1.82, 2.24) is 0 Å². The van der Waals surface area contributed by atoms with Gasteiger partial charge in [-0.05, 0) is 122 Å². The van der Waals surface area contributed by atoms with Crippen LogP contribution in [0, 0.1) is 12.5 Å². The predicted molar refractivity (Wildman–Crippen MR) is 264 cm³/mol. The van der Waals surface area contributed by atoms with Crippen molar-refractivity contribution in [3.63, 3.8) is 0 Å². The predicted octanol–water partition coefficient (Wildman–Crippen LogP) is 1.88. The number of terminal acetylenes is 1. The van der Waals surface area contributed by atoms with E-state index in [1.807, 2.05) is 0 Å². The van der Waals surface area contributed by atoms with Gasteiger partial charge in [0.15, 0.2) is 23.1 Å². The Kier molecular flexibility index (Phi) is 56.9. The van der Waals surface area contributed by atoms with Gasteiger partial charge in [-0.1, -0.05) is 39.2 Å². The number of unbranched alkanes of at least 4 members (excludes halogenated alkanes) is 7. The lowest BCUT2D eigenvalue weighted by Gasteiger charge is -2.28. The molecular weight excluding hydrogens is 939 g/mol. The Morgan fingerprint density at radius 3 is 1.11 bits per heavy atom. The number of nitrogens with zero attached hydrogens (tertiary/aromatic N) is 4. The summed E-state index contributed by atoms with van der Waals surface area (Å²) >= 11 is 0. The van der Waals surface area contributed by atoms with E-state index < -0.39 is 0 Å². The molecule has 0 N–H and O–H groups in total. The first-order chi connectivity index (χ1) is 26.3. The van der Waals surface area contributed by atoms with Gasteiger partial charge < -0.3 is 55.2 Å². The minimum atomic E-state index is 0. The van der Waals surface area contributed by atoms with Crippen LogP contribution < -0.4 is 41.8 Å². The number of hydrogen-bond donors (Lipinski definition) is 0. The smallest absolute Gasteiger partial charge is 0.157 e. The average molecular weight is 1040 g/mol. The van der Waals surface area contributed by atoms with Gasteiger partial charge in [0.25, 0.3) is 0 Å². The Morgan fingerprint density at radius 2 is 0.820 bits per heavy atom. The zero-order valence-corrected chi connectivity index (χ0v) is 46.4. The summed E-state index contributed by atoms with van der Waals surface area (Å²) in [5.74, 6) is 0.749. The highest BCUT2D eigenvalue weighted by molar-refractivity contribution is 8.93. The summed E-state index contributed by atoms with van der Waals surface area (Å²) < 4.78 is 3.80. The lowest BCUT2D eigenvalue weighted by Crippen LogP contribution is -3.00. The van der Waals surface area contributed by atoms with Crippen molar-refractivity contribution >= 4 is 40.1 Å². The highest BCUT2D eigenvalue weighted by Gasteiger charge is 2.19. The van der Waals surface area contributed by atoms with Gasteiger partial charge >= 0.3 is 0 Å². The fourth-order valence-corrected chi connectivity index (χ4v) is 5.40. The second kappa shape index (κ2) is 45.2. The Balaban J connectivity index is -0.0000000631. The van der Waals surface area contributed by atoms with Crippen molar-refractivity contribution in [2.24, 2.45) is 0 Å². The van der Waals surface area contributed by atoms with Gasteiger partial charge in [0.2, 0.25) is 0 Å². The van der Waals surface area contributed by atoms with Crippen molar-refractivity contribution < 1.29 is 83.2 Å². The van der Waals surface area contributed by atoms with Crippen molar-refractivity contribution in [1.29, 1.82) is 0 Å². The van der Waals surface area contributed by atoms with Gasteiger partial charge in [-0.2, -0.15) is 0 Å². The van der Waals surface area contributed by atoms with Crippen molar-refractivity contribution in [3.8, 4) is 12.5 Å². The van der Waals surface area contributed by atoms with Crippen LogP contribution in [-0.2, 0) is 19.2 Å². The van der Waals surface area contributed by atoms with Crippen LogP contribution in [0.4, 0.5) is 0 Å². The fraction of sp³-hybridized carbons (Fsp3) is 0.714. The molecular formula is C49H101Br2Cl2N4O4+. The molecule has 0 amide bonds. The summed E-state index contributed by atoms with van der Waals surface area (Å²) in [7, 11) is 17.5. The van der Waals surface area contributed by atoms with E-state index in [9.17, 15) is 19.2 Å². The third kappa shape index (κ3) is 56.6. The molecule has 0 heterocycles. The van der Waals surface area contributed by atoms with Gasteiger partial charge in [-0.3, -0.25) is 19.2 Å². The molecule has 0 spiro atoms. The first-order valence-electron chi connectivity index (χ1n) is 21.8. The second-order valence-corrected chi connectivity index (χ2v) is 18.3. The summed E-state index contributed by atoms with van der Waals surface area (Å²) in [5, 5.41) is 0. The quantitative estimate of drug-likeness (QED) is 0.0478. The van der Waals surface area contributed by atoms with E-state index >= 15 is 0 Å². The molecule has 0 saturated heterocycles. The topological polar surface area (TPSA) is 68.3 Å². The van der Waals surface area contributed by atoms with Crippen LogP contribution in [0.2, 0.25) is 0 Å². The number of quaternary nitrogens is 4. The SMILES string of the molecule is Br.C#C[N+](CC)(CC)CCCCCCC(=O)C=C.C=C(C)C(=O)CCCC[N+](C)(C)C.C=C(C)C(=O)CCCC[N+](C)(C)CC.C=CC(=O)CCCCC[N+](C)(C)C.[Br-].[Cl-].[Cl-].[HH].[HH].[HH]. The number of carbonyl (C=O) groups excluding carboxylic acids is 4. The monoisotopic (exact) mass is 1040 g/mol. The molecule has 8 nitrogen and oxygen atoms in total. The van der Waals surface area contributed by atoms with Crippen molar-refractivity contribution in [3.05, 3.63) is 49.6 Å². The second-order valence-electron chi connectivity index (χ2n) is 18.3. The third-order valence-corrected chi connectivity index (χ3v) is 10.2. The summed E-state index contributed by atoms with van der Waals surface area (Å²) in [5.41, 5.74) is 1.37. The standard InChI is InChI=1S/C15H26NO.C12H24NO.2C11H22NO.2BrH.2ClH.3H2/c1-5-15(17)13-11-9-10-12-14-16(6-2,7-3)8-4;1-6-13(4,5)10-8-7-9-12(14)11(2)3;1-10(2)11(13)8-6-7-9-12(3,4)5;1-5-11(13)9-7-6-8-10-12(2,3)4;;;;;;;/h2,5H,1,7-14H2,3-4H3;2,6-10H2,1,3-5H3;1,6-9H2,2-5H3;5H,1,6-10H2,2-4H3;7*1H/q4*+1;;;;;;;/p-3. The molecule has 0 saturated carbocycles. The number of carbonyl (C=O) groups is 4. The summed E-state index contributed by atoms with van der Waals surface area (Å²) in [6.45, 7) is 31.9. The highest BCUT2D eigenvalue weighted by atomic mass is 79.9. The molecule has 0 aliphatic rings. The number of halogens is 4. The molecule has 12 heteroatoms. The van der Waals surface area contributed by atoms with E-state index in [-0.39, 0.29) is 86.2 Å². The Hall–Kier alpha value is -1.42. The summed E-state index contributed by atoms with van der Waals surface area (Å²) in [6, 6.07) is 2.90. The maximum absolute atomic E-state index is 11.2. The zero-order valence-electron chi connectivity index (χ0n) is 41.6. The lowest BCUT2D eigenvalue weighted by molar-refractivity contribution is -0.888.